The first-order valence-electron chi connectivity index (χ1n) is 5.79. The number of fused-ring (bicyclic) bond motifs is 1. The lowest BCUT2D eigenvalue weighted by Gasteiger charge is -2.13. The minimum absolute atomic E-state index is 0.0273. The van der Waals surface area contributed by atoms with E-state index in [2.05, 4.69) is 15.0 Å². The van der Waals surface area contributed by atoms with Crippen LogP contribution in [-0.2, 0) is 9.53 Å². The van der Waals surface area contributed by atoms with Crippen molar-refractivity contribution in [2.24, 2.45) is 0 Å². The van der Waals surface area contributed by atoms with Crippen molar-refractivity contribution in [2.75, 3.05) is 12.3 Å². The molecule has 20 heavy (non-hydrogen) atoms. The van der Waals surface area contributed by atoms with Crippen LogP contribution >= 0.6 is 0 Å². The highest BCUT2D eigenvalue weighted by Gasteiger charge is 2.41. The van der Waals surface area contributed by atoms with E-state index in [4.69, 9.17) is 15.6 Å². The van der Waals surface area contributed by atoms with Gasteiger partial charge in [0.2, 0.25) is 0 Å². The lowest BCUT2D eigenvalue weighted by atomic mass is 10.1. The second-order valence-electron chi connectivity index (χ2n) is 4.29. The van der Waals surface area contributed by atoms with Gasteiger partial charge in [0.05, 0.1) is 18.5 Å². The molecule has 0 amide bonds. The molecule has 0 saturated carbocycles. The molecule has 3 heterocycles. The number of aliphatic hydroxyl groups excluding tert-OH is 2. The highest BCUT2D eigenvalue weighted by molar-refractivity contribution is 5.81. The number of anilines is 1. The molecule has 0 unspecified atom stereocenters. The van der Waals surface area contributed by atoms with Crippen LogP contribution in [0.15, 0.2) is 18.2 Å². The molecule has 9 heteroatoms. The van der Waals surface area contributed by atoms with Crippen LogP contribution in [0.1, 0.15) is 6.23 Å². The summed E-state index contributed by atoms with van der Waals surface area (Å²) in [7, 11) is 0. The number of aromatic nitrogens is 4. The highest BCUT2D eigenvalue weighted by atomic mass is 16.5. The van der Waals surface area contributed by atoms with E-state index in [0.29, 0.717) is 11.2 Å². The Balaban J connectivity index is 2.12. The van der Waals surface area contributed by atoms with Gasteiger partial charge in [0.25, 0.3) is 0 Å². The number of rotatable bonds is 2. The van der Waals surface area contributed by atoms with Crippen LogP contribution in [0, 0.1) is 0 Å². The van der Waals surface area contributed by atoms with Crippen LogP contribution < -0.4 is 5.73 Å². The molecule has 4 N–H and O–H groups in total. The Morgan fingerprint density at radius 1 is 1.45 bits per heavy atom. The quantitative estimate of drug-likeness (QED) is 0.559. The van der Waals surface area contributed by atoms with Crippen molar-refractivity contribution in [1.82, 2.24) is 19.5 Å². The smallest absolute Gasteiger partial charge is 0.172 e. The number of aliphatic hydroxyl groups is 2. The summed E-state index contributed by atoms with van der Waals surface area (Å²) in [6.45, 7) is -0.424. The van der Waals surface area contributed by atoms with Gasteiger partial charge >= 0.3 is 0 Å². The molecule has 9 nitrogen and oxygen atoms in total. The molecule has 0 spiro atoms. The van der Waals surface area contributed by atoms with Gasteiger partial charge in [-0.05, 0) is 0 Å². The molecule has 0 bridgehead atoms. The second kappa shape index (κ2) is 4.66. The van der Waals surface area contributed by atoms with Crippen molar-refractivity contribution in [3.05, 3.63) is 18.2 Å². The standard InChI is InChI=1S/C11H11N5O4/c12-9-7-10(14-3-13-9)16(4-15-7)11-5(1-17)8(19)6(2-18)20-11/h3-4,6,8,11,18-19H,2H2,(H2,12,13,14)/t6-,8+,11-/m1/s1. The van der Waals surface area contributed by atoms with E-state index in [9.17, 15) is 9.90 Å². The highest BCUT2D eigenvalue weighted by Crippen LogP contribution is 2.34. The predicted octanol–water partition coefficient (Wildman–Crippen LogP) is -1.58. The molecular formula is C11H11N5O4. The molecule has 1 fully saturated rings. The van der Waals surface area contributed by atoms with Gasteiger partial charge in [-0.1, -0.05) is 0 Å². The molecule has 0 aliphatic carbocycles. The van der Waals surface area contributed by atoms with Crippen molar-refractivity contribution in [3.63, 3.8) is 0 Å². The number of ether oxygens (including phenoxy) is 1. The average Bonchev–Trinajstić information content (AvgIpc) is 3.00. The molecule has 0 aromatic carbocycles. The van der Waals surface area contributed by atoms with Crippen molar-refractivity contribution in [1.29, 1.82) is 0 Å². The van der Waals surface area contributed by atoms with Crippen LogP contribution in [-0.4, -0.2) is 54.5 Å². The van der Waals surface area contributed by atoms with E-state index in [-0.39, 0.29) is 11.4 Å². The Hall–Kier alpha value is -2.32. The molecule has 104 valence electrons. The van der Waals surface area contributed by atoms with Crippen LogP contribution in [0.5, 0.6) is 0 Å². The predicted molar refractivity (Wildman–Crippen MR) is 65.9 cm³/mol. The summed E-state index contributed by atoms with van der Waals surface area (Å²) in [5, 5.41) is 19.0. The third-order valence-electron chi connectivity index (χ3n) is 3.18. The van der Waals surface area contributed by atoms with Gasteiger partial charge in [0, 0.05) is 0 Å². The first-order valence-corrected chi connectivity index (χ1v) is 5.79. The number of nitrogen functional groups attached to an aromatic ring is 1. The summed E-state index contributed by atoms with van der Waals surface area (Å²) in [5.41, 5.74) is 6.37. The van der Waals surface area contributed by atoms with E-state index >= 15 is 0 Å². The first kappa shape index (κ1) is 12.7. The lowest BCUT2D eigenvalue weighted by Crippen LogP contribution is -2.25. The van der Waals surface area contributed by atoms with Gasteiger partial charge in [-0.2, -0.15) is 0 Å². The Kier molecular flexibility index (Phi) is 2.96. The lowest BCUT2D eigenvalue weighted by molar-refractivity contribution is -0.0422. The largest absolute Gasteiger partial charge is 0.394 e. The summed E-state index contributed by atoms with van der Waals surface area (Å²) in [4.78, 5) is 22.9. The van der Waals surface area contributed by atoms with Gasteiger partial charge in [-0.25, -0.2) is 19.7 Å². The van der Waals surface area contributed by atoms with Crippen molar-refractivity contribution in [3.8, 4) is 0 Å². The Morgan fingerprint density at radius 3 is 2.95 bits per heavy atom. The fourth-order valence-corrected chi connectivity index (χ4v) is 2.17. The molecule has 2 aromatic rings. The van der Waals surface area contributed by atoms with Crippen LogP contribution in [0.3, 0.4) is 0 Å². The zero-order valence-corrected chi connectivity index (χ0v) is 10.2. The minimum atomic E-state index is -1.22. The van der Waals surface area contributed by atoms with Gasteiger partial charge in [0.15, 0.2) is 17.7 Å². The number of nitrogens with two attached hydrogens (primary N) is 1. The topological polar surface area (TPSA) is 136 Å². The Labute approximate surface area is 112 Å². The zero-order chi connectivity index (χ0) is 14.3. The molecule has 1 aliphatic heterocycles. The van der Waals surface area contributed by atoms with Crippen molar-refractivity contribution in [2.45, 2.75) is 18.4 Å². The average molecular weight is 277 g/mol. The minimum Gasteiger partial charge on any atom is -0.394 e. The van der Waals surface area contributed by atoms with Crippen molar-refractivity contribution >= 4 is 22.9 Å². The molecule has 1 aliphatic rings. The molecule has 0 radical (unpaired) electrons. The van der Waals surface area contributed by atoms with Crippen molar-refractivity contribution < 1.29 is 19.7 Å². The zero-order valence-electron chi connectivity index (χ0n) is 10.2. The summed E-state index contributed by atoms with van der Waals surface area (Å²) in [6, 6.07) is 0. The van der Waals surface area contributed by atoms with E-state index in [0.717, 1.165) is 0 Å². The van der Waals surface area contributed by atoms with E-state index < -0.39 is 25.0 Å². The van der Waals surface area contributed by atoms with E-state index in [1.54, 1.807) is 5.94 Å². The van der Waals surface area contributed by atoms with Gasteiger partial charge in [-0.15, -0.1) is 0 Å². The normalized spacial score (nSPS) is 26.1. The summed E-state index contributed by atoms with van der Waals surface area (Å²) in [5.74, 6) is 1.85. The number of nitrogens with zero attached hydrogens (tertiary/aromatic N) is 4. The SMILES string of the molecule is Nc1ncnc2c1ncn2[C@@H]1O[C@H](CO)[C@@H](O)C1=C=O. The fourth-order valence-electron chi connectivity index (χ4n) is 2.17. The van der Waals surface area contributed by atoms with Crippen LogP contribution in [0.25, 0.3) is 11.2 Å². The maximum Gasteiger partial charge on any atom is 0.172 e. The molecule has 2 aromatic heterocycles. The van der Waals surface area contributed by atoms with E-state index in [1.165, 1.54) is 17.2 Å². The third-order valence-corrected chi connectivity index (χ3v) is 3.18. The van der Waals surface area contributed by atoms with Gasteiger partial charge in [-0.3, -0.25) is 4.57 Å². The van der Waals surface area contributed by atoms with Gasteiger partial charge < -0.3 is 20.7 Å². The number of hydrogen-bond acceptors (Lipinski definition) is 8. The van der Waals surface area contributed by atoms with Crippen LogP contribution in [0.4, 0.5) is 5.82 Å². The maximum absolute atomic E-state index is 11.0. The third kappa shape index (κ3) is 1.69. The first-order chi connectivity index (χ1) is 9.67. The number of carbonyl (C=O) groups excluding carboxylic acids is 1. The summed E-state index contributed by atoms with van der Waals surface area (Å²) in [6.07, 6.45) is -0.412. The fraction of sp³-hybridized carbons (Fsp3) is 0.364. The Bertz CT molecular complexity index is 708. The number of hydrogen-bond donors (Lipinski definition) is 3. The molecule has 3 atom stereocenters. The van der Waals surface area contributed by atoms with E-state index in [1.807, 2.05) is 0 Å². The monoisotopic (exact) mass is 277 g/mol. The second-order valence-corrected chi connectivity index (χ2v) is 4.29. The maximum atomic E-state index is 11.0. The van der Waals surface area contributed by atoms with Gasteiger partial charge in [0.1, 0.15) is 30.0 Å². The summed E-state index contributed by atoms with van der Waals surface area (Å²) >= 11 is 0. The summed E-state index contributed by atoms with van der Waals surface area (Å²) < 4.78 is 6.88. The molecule has 3 rings (SSSR count). The molecular weight excluding hydrogens is 266 g/mol. The molecule has 1 saturated heterocycles. The Morgan fingerprint density at radius 2 is 2.25 bits per heavy atom. The van der Waals surface area contributed by atoms with Crippen LogP contribution in [0.2, 0.25) is 0 Å². The number of imidazole rings is 1.